The van der Waals surface area contributed by atoms with Crippen molar-refractivity contribution in [3.05, 3.63) is 5.28 Å². The van der Waals surface area contributed by atoms with Crippen molar-refractivity contribution in [2.45, 2.75) is 38.1 Å². The van der Waals surface area contributed by atoms with Gasteiger partial charge in [-0.05, 0) is 43.2 Å². The lowest BCUT2D eigenvalue weighted by molar-refractivity contribution is 0.350. The third-order valence-electron chi connectivity index (χ3n) is 4.01. The largest absolute Gasteiger partial charge is 0.467 e. The molecule has 2 unspecified atom stereocenters. The molecule has 0 N–H and O–H groups in total. The van der Waals surface area contributed by atoms with Crippen LogP contribution in [0.15, 0.2) is 0 Å². The van der Waals surface area contributed by atoms with Crippen LogP contribution in [0, 0.1) is 5.92 Å². The van der Waals surface area contributed by atoms with Crippen LogP contribution in [-0.4, -0.2) is 34.6 Å². The van der Waals surface area contributed by atoms with E-state index < -0.39 is 0 Å². The summed E-state index contributed by atoms with van der Waals surface area (Å²) in [5.74, 6) is 1.46. The van der Waals surface area contributed by atoms with Crippen LogP contribution in [0.4, 0.5) is 5.95 Å². The first-order chi connectivity index (χ1) is 8.78. The number of piperidine rings is 1. The molecule has 2 heterocycles. The molecule has 1 aromatic heterocycles. The summed E-state index contributed by atoms with van der Waals surface area (Å²) in [4.78, 5) is 14.8. The number of methoxy groups -OCH3 is 1. The highest BCUT2D eigenvalue weighted by Crippen LogP contribution is 2.38. The van der Waals surface area contributed by atoms with Crippen LogP contribution >= 0.6 is 11.6 Å². The van der Waals surface area contributed by atoms with Gasteiger partial charge in [0.25, 0.3) is 0 Å². The second kappa shape index (κ2) is 4.88. The zero-order chi connectivity index (χ0) is 12.5. The van der Waals surface area contributed by atoms with Gasteiger partial charge in [0.05, 0.1) is 7.11 Å². The van der Waals surface area contributed by atoms with Crippen molar-refractivity contribution < 1.29 is 4.74 Å². The lowest BCUT2D eigenvalue weighted by atomic mass is 9.92. The van der Waals surface area contributed by atoms with Crippen LogP contribution in [0.1, 0.15) is 32.1 Å². The molecule has 0 spiro atoms. The number of rotatable bonds is 2. The molecule has 3 rings (SSSR count). The van der Waals surface area contributed by atoms with Crippen molar-refractivity contribution >= 4 is 17.5 Å². The molecule has 5 nitrogen and oxygen atoms in total. The fourth-order valence-electron chi connectivity index (χ4n) is 3.24. The van der Waals surface area contributed by atoms with Gasteiger partial charge in [0, 0.05) is 12.6 Å². The molecule has 1 aromatic rings. The number of aromatic nitrogens is 3. The van der Waals surface area contributed by atoms with Gasteiger partial charge < -0.3 is 9.64 Å². The van der Waals surface area contributed by atoms with Gasteiger partial charge in [-0.25, -0.2) is 0 Å². The maximum absolute atomic E-state index is 5.92. The number of nitrogens with zero attached hydrogens (tertiary/aromatic N) is 4. The minimum atomic E-state index is 0.206. The number of hydrogen-bond acceptors (Lipinski definition) is 5. The van der Waals surface area contributed by atoms with E-state index in [-0.39, 0.29) is 5.28 Å². The summed E-state index contributed by atoms with van der Waals surface area (Å²) in [7, 11) is 1.55. The third-order valence-corrected chi connectivity index (χ3v) is 4.18. The first kappa shape index (κ1) is 12.0. The Balaban J connectivity index is 1.90. The van der Waals surface area contributed by atoms with Gasteiger partial charge in [0.15, 0.2) is 0 Å². The van der Waals surface area contributed by atoms with Gasteiger partial charge in [-0.15, -0.1) is 0 Å². The molecule has 0 amide bonds. The summed E-state index contributed by atoms with van der Waals surface area (Å²) in [6, 6.07) is 0.868. The van der Waals surface area contributed by atoms with Crippen LogP contribution in [0.5, 0.6) is 6.01 Å². The highest BCUT2D eigenvalue weighted by molar-refractivity contribution is 6.28. The van der Waals surface area contributed by atoms with Crippen molar-refractivity contribution in [2.75, 3.05) is 18.6 Å². The average molecular weight is 269 g/mol. The zero-order valence-corrected chi connectivity index (χ0v) is 11.2. The van der Waals surface area contributed by atoms with Crippen molar-refractivity contribution in [1.29, 1.82) is 0 Å². The normalized spacial score (nSPS) is 27.1. The number of hydrogen-bond donors (Lipinski definition) is 0. The van der Waals surface area contributed by atoms with Gasteiger partial charge in [0.2, 0.25) is 11.2 Å². The molecule has 1 aliphatic carbocycles. The molecule has 1 saturated carbocycles. The van der Waals surface area contributed by atoms with Gasteiger partial charge in [-0.3, -0.25) is 0 Å². The van der Waals surface area contributed by atoms with Crippen LogP contribution in [0.2, 0.25) is 5.28 Å². The first-order valence-corrected chi connectivity index (χ1v) is 6.88. The molecule has 98 valence electrons. The molecule has 6 heteroatoms. The average Bonchev–Trinajstić information content (AvgIpc) is 2.85. The highest BCUT2D eigenvalue weighted by atomic mass is 35.5. The number of fused-ring (bicyclic) bond motifs is 1. The van der Waals surface area contributed by atoms with E-state index in [0.717, 1.165) is 12.5 Å². The number of ether oxygens (including phenoxy) is 1. The predicted octanol–water partition coefficient (Wildman–Crippen LogP) is 2.30. The Hall–Kier alpha value is -1.10. The molecule has 18 heavy (non-hydrogen) atoms. The second-order valence-electron chi connectivity index (χ2n) is 4.99. The van der Waals surface area contributed by atoms with E-state index >= 15 is 0 Å². The molecular weight excluding hydrogens is 252 g/mol. The van der Waals surface area contributed by atoms with Crippen LogP contribution < -0.4 is 9.64 Å². The summed E-state index contributed by atoms with van der Waals surface area (Å²) in [6.45, 7) is 1.00. The topological polar surface area (TPSA) is 51.1 Å². The molecule has 2 atom stereocenters. The van der Waals surface area contributed by atoms with E-state index in [0.29, 0.717) is 18.0 Å². The Morgan fingerprint density at radius 1 is 1.17 bits per heavy atom. The molecule has 2 fully saturated rings. The molecular formula is C12H17ClN4O. The first-order valence-electron chi connectivity index (χ1n) is 6.50. The molecule has 0 aromatic carbocycles. The minimum absolute atomic E-state index is 0.206. The fourth-order valence-corrected chi connectivity index (χ4v) is 3.39. The smallest absolute Gasteiger partial charge is 0.322 e. The van der Waals surface area contributed by atoms with E-state index in [4.69, 9.17) is 16.3 Å². The minimum Gasteiger partial charge on any atom is -0.467 e. The Labute approximate surface area is 112 Å². The van der Waals surface area contributed by atoms with Gasteiger partial charge >= 0.3 is 6.01 Å². The van der Waals surface area contributed by atoms with Crippen molar-refractivity contribution in [3.63, 3.8) is 0 Å². The second-order valence-corrected chi connectivity index (χ2v) is 5.32. The van der Waals surface area contributed by atoms with E-state index in [2.05, 4.69) is 19.9 Å². The summed E-state index contributed by atoms with van der Waals surface area (Å²) in [5, 5.41) is 0.206. The van der Waals surface area contributed by atoms with E-state index in [9.17, 15) is 0 Å². The van der Waals surface area contributed by atoms with E-state index in [1.807, 2.05) is 0 Å². The molecule has 1 aliphatic heterocycles. The van der Waals surface area contributed by atoms with Crippen molar-refractivity contribution in [2.24, 2.45) is 5.92 Å². The lowest BCUT2D eigenvalue weighted by Crippen LogP contribution is -2.43. The Kier molecular flexibility index (Phi) is 3.24. The van der Waals surface area contributed by atoms with Crippen LogP contribution in [0.25, 0.3) is 0 Å². The molecule has 0 bridgehead atoms. The Morgan fingerprint density at radius 2 is 2.00 bits per heavy atom. The molecule has 0 radical (unpaired) electrons. The number of halogens is 1. The summed E-state index contributed by atoms with van der Waals surface area (Å²) >= 11 is 5.92. The SMILES string of the molecule is COc1nc(Cl)nc(N2CCCC3CCCC32)n1. The van der Waals surface area contributed by atoms with Crippen molar-refractivity contribution in [3.8, 4) is 6.01 Å². The van der Waals surface area contributed by atoms with Crippen LogP contribution in [-0.2, 0) is 0 Å². The summed E-state index contributed by atoms with van der Waals surface area (Å²) in [5.41, 5.74) is 0. The monoisotopic (exact) mass is 268 g/mol. The molecule has 2 aliphatic rings. The standard InChI is InChI=1S/C12H17ClN4O/c1-18-12-15-10(13)14-11(16-12)17-7-3-5-8-4-2-6-9(8)17/h8-9H,2-7H2,1H3. The maximum atomic E-state index is 5.92. The van der Waals surface area contributed by atoms with Gasteiger partial charge in [-0.2, -0.15) is 15.0 Å². The van der Waals surface area contributed by atoms with Crippen molar-refractivity contribution in [1.82, 2.24) is 15.0 Å². The lowest BCUT2D eigenvalue weighted by Gasteiger charge is -2.37. The maximum Gasteiger partial charge on any atom is 0.322 e. The third kappa shape index (κ3) is 2.11. The Morgan fingerprint density at radius 3 is 2.83 bits per heavy atom. The zero-order valence-electron chi connectivity index (χ0n) is 10.5. The fraction of sp³-hybridized carbons (Fsp3) is 0.750. The van der Waals surface area contributed by atoms with Crippen LogP contribution in [0.3, 0.4) is 0 Å². The van der Waals surface area contributed by atoms with E-state index in [1.54, 1.807) is 7.11 Å². The highest BCUT2D eigenvalue weighted by Gasteiger charge is 2.36. The summed E-state index contributed by atoms with van der Waals surface area (Å²) < 4.78 is 5.06. The van der Waals surface area contributed by atoms with Gasteiger partial charge in [0.1, 0.15) is 0 Å². The summed E-state index contributed by atoms with van der Waals surface area (Å²) in [6.07, 6.45) is 6.40. The Bertz CT molecular complexity index is 442. The van der Waals surface area contributed by atoms with E-state index in [1.165, 1.54) is 32.1 Å². The number of anilines is 1. The predicted molar refractivity (Wildman–Crippen MR) is 69.1 cm³/mol. The molecule has 1 saturated heterocycles. The van der Waals surface area contributed by atoms with Gasteiger partial charge in [-0.1, -0.05) is 6.42 Å². The quantitative estimate of drug-likeness (QED) is 0.824.